The standard InChI is InChI=1S/C21H24ClN3O4S/c1-13-16(22)7-6-8-17(13)23-19(26)12-24(4)30(28,29)14-9-10-18-15(11-14)21(2,3)20(27)25(18)5/h6-11H,12H2,1-5H3,(H,23,26). The van der Waals surface area contributed by atoms with Gasteiger partial charge in [0.2, 0.25) is 21.8 Å². The van der Waals surface area contributed by atoms with E-state index in [2.05, 4.69) is 5.32 Å². The van der Waals surface area contributed by atoms with Crippen LogP contribution in [0.4, 0.5) is 11.4 Å². The fourth-order valence-corrected chi connectivity index (χ4v) is 4.84. The largest absolute Gasteiger partial charge is 0.325 e. The van der Waals surface area contributed by atoms with E-state index in [1.165, 1.54) is 24.1 Å². The maximum Gasteiger partial charge on any atom is 0.243 e. The predicted molar refractivity (Wildman–Crippen MR) is 118 cm³/mol. The summed E-state index contributed by atoms with van der Waals surface area (Å²) in [4.78, 5) is 26.4. The lowest BCUT2D eigenvalue weighted by molar-refractivity contribution is -0.121. The molecule has 2 amide bonds. The van der Waals surface area contributed by atoms with Crippen molar-refractivity contribution >= 4 is 44.8 Å². The average molecular weight is 450 g/mol. The van der Waals surface area contributed by atoms with E-state index < -0.39 is 21.3 Å². The first kappa shape index (κ1) is 22.3. The lowest BCUT2D eigenvalue weighted by Crippen LogP contribution is -2.35. The van der Waals surface area contributed by atoms with Gasteiger partial charge >= 0.3 is 0 Å². The van der Waals surface area contributed by atoms with Crippen LogP contribution in [0.15, 0.2) is 41.3 Å². The van der Waals surface area contributed by atoms with Crippen molar-refractivity contribution in [3.05, 3.63) is 52.5 Å². The molecule has 0 spiro atoms. The fraction of sp³-hybridized carbons (Fsp3) is 0.333. The topological polar surface area (TPSA) is 86.8 Å². The number of fused-ring (bicyclic) bond motifs is 1. The Hall–Kier alpha value is -2.42. The monoisotopic (exact) mass is 449 g/mol. The van der Waals surface area contributed by atoms with E-state index >= 15 is 0 Å². The Labute approximate surface area is 181 Å². The second-order valence-corrected chi connectivity index (χ2v) is 10.3. The van der Waals surface area contributed by atoms with Gasteiger partial charge in [-0.05, 0) is 62.2 Å². The van der Waals surface area contributed by atoms with Crippen LogP contribution in [0.1, 0.15) is 25.0 Å². The number of halogens is 1. The van der Waals surface area contributed by atoms with Crippen molar-refractivity contribution in [3.8, 4) is 0 Å². The van der Waals surface area contributed by atoms with Crippen LogP contribution in [-0.2, 0) is 25.0 Å². The minimum atomic E-state index is -3.93. The van der Waals surface area contributed by atoms with Crippen LogP contribution >= 0.6 is 11.6 Å². The normalized spacial score (nSPS) is 15.4. The summed E-state index contributed by atoms with van der Waals surface area (Å²) < 4.78 is 27.1. The van der Waals surface area contributed by atoms with Gasteiger partial charge in [-0.15, -0.1) is 0 Å². The summed E-state index contributed by atoms with van der Waals surface area (Å²) in [5.41, 5.74) is 1.73. The van der Waals surface area contributed by atoms with Crippen molar-refractivity contribution in [2.75, 3.05) is 30.9 Å². The van der Waals surface area contributed by atoms with Gasteiger partial charge in [0.05, 0.1) is 16.9 Å². The number of anilines is 2. The average Bonchev–Trinajstić information content (AvgIpc) is 2.85. The molecule has 9 heteroatoms. The number of hydrogen-bond donors (Lipinski definition) is 1. The quantitative estimate of drug-likeness (QED) is 0.759. The Balaban J connectivity index is 1.82. The van der Waals surface area contributed by atoms with Crippen LogP contribution < -0.4 is 10.2 Å². The maximum atomic E-state index is 13.0. The zero-order valence-corrected chi connectivity index (χ0v) is 19.1. The lowest BCUT2D eigenvalue weighted by Gasteiger charge is -2.19. The van der Waals surface area contributed by atoms with Crippen LogP contribution in [0.2, 0.25) is 5.02 Å². The van der Waals surface area contributed by atoms with E-state index in [0.29, 0.717) is 27.5 Å². The molecule has 30 heavy (non-hydrogen) atoms. The first-order valence-corrected chi connectivity index (χ1v) is 11.1. The van der Waals surface area contributed by atoms with Crippen LogP contribution in [-0.4, -0.2) is 45.2 Å². The number of hydrogen-bond acceptors (Lipinski definition) is 4. The van der Waals surface area contributed by atoms with Gasteiger partial charge in [0.25, 0.3) is 0 Å². The van der Waals surface area contributed by atoms with Gasteiger partial charge in [-0.1, -0.05) is 17.7 Å². The van der Waals surface area contributed by atoms with Gasteiger partial charge in [0, 0.05) is 30.5 Å². The molecule has 7 nitrogen and oxygen atoms in total. The number of nitrogens with one attached hydrogen (secondary N) is 1. The fourth-order valence-electron chi connectivity index (χ4n) is 3.51. The summed E-state index contributed by atoms with van der Waals surface area (Å²) in [7, 11) is -0.927. The predicted octanol–water partition coefficient (Wildman–Crippen LogP) is 3.16. The summed E-state index contributed by atoms with van der Waals surface area (Å²) in [6.07, 6.45) is 0. The first-order chi connectivity index (χ1) is 13.9. The van der Waals surface area contributed by atoms with Crippen LogP contribution in [0.3, 0.4) is 0 Å². The Kier molecular flexibility index (Phi) is 5.70. The first-order valence-electron chi connectivity index (χ1n) is 9.31. The minimum Gasteiger partial charge on any atom is -0.325 e. The molecule has 1 heterocycles. The van der Waals surface area contributed by atoms with Crippen molar-refractivity contribution in [1.82, 2.24) is 4.31 Å². The van der Waals surface area contributed by atoms with E-state index in [0.717, 1.165) is 4.31 Å². The summed E-state index contributed by atoms with van der Waals surface area (Å²) in [6, 6.07) is 9.70. The Morgan fingerprint density at radius 1 is 1.23 bits per heavy atom. The second kappa shape index (κ2) is 7.68. The number of nitrogens with zero attached hydrogens (tertiary/aromatic N) is 2. The number of amides is 2. The highest BCUT2D eigenvalue weighted by Gasteiger charge is 2.43. The van der Waals surface area contributed by atoms with Gasteiger partial charge in [-0.2, -0.15) is 4.31 Å². The molecule has 0 atom stereocenters. The van der Waals surface area contributed by atoms with E-state index in [9.17, 15) is 18.0 Å². The third-order valence-corrected chi connectivity index (χ3v) is 7.67. The zero-order chi connectivity index (χ0) is 22.4. The van der Waals surface area contributed by atoms with E-state index in [4.69, 9.17) is 11.6 Å². The van der Waals surface area contributed by atoms with Gasteiger partial charge in [0.1, 0.15) is 0 Å². The molecule has 1 aliphatic heterocycles. The molecule has 0 radical (unpaired) electrons. The van der Waals surface area contributed by atoms with E-state index in [-0.39, 0.29) is 17.3 Å². The molecular formula is C21H24ClN3O4S. The molecule has 2 aromatic carbocycles. The smallest absolute Gasteiger partial charge is 0.243 e. The zero-order valence-electron chi connectivity index (χ0n) is 17.5. The van der Waals surface area contributed by atoms with Gasteiger partial charge in [0.15, 0.2) is 0 Å². The third kappa shape index (κ3) is 3.71. The number of sulfonamides is 1. The van der Waals surface area contributed by atoms with Crippen LogP contribution in [0.25, 0.3) is 0 Å². The number of carbonyl (C=O) groups is 2. The molecule has 0 fully saturated rings. The summed E-state index contributed by atoms with van der Waals surface area (Å²) >= 11 is 6.06. The Bertz CT molecular complexity index is 1140. The van der Waals surface area contributed by atoms with Gasteiger partial charge in [-0.25, -0.2) is 8.42 Å². The highest BCUT2D eigenvalue weighted by atomic mass is 35.5. The second-order valence-electron chi connectivity index (χ2n) is 7.89. The van der Waals surface area contributed by atoms with Crippen molar-refractivity contribution < 1.29 is 18.0 Å². The van der Waals surface area contributed by atoms with Crippen molar-refractivity contribution in [2.24, 2.45) is 0 Å². The molecule has 0 unspecified atom stereocenters. The molecule has 0 saturated carbocycles. The summed E-state index contributed by atoms with van der Waals surface area (Å²) in [6.45, 7) is 4.92. The van der Waals surface area contributed by atoms with Crippen molar-refractivity contribution in [1.29, 1.82) is 0 Å². The minimum absolute atomic E-state index is 0.0339. The molecule has 2 aromatic rings. The molecule has 1 N–H and O–H groups in total. The number of carbonyl (C=O) groups excluding carboxylic acids is 2. The number of benzene rings is 2. The van der Waals surface area contributed by atoms with Gasteiger partial charge < -0.3 is 10.2 Å². The number of rotatable bonds is 5. The maximum absolute atomic E-state index is 13.0. The van der Waals surface area contributed by atoms with E-state index in [1.807, 2.05) is 0 Å². The molecule has 0 aliphatic carbocycles. The SMILES string of the molecule is Cc1c(Cl)cccc1NC(=O)CN(C)S(=O)(=O)c1ccc2c(c1)C(C)(C)C(=O)N2C. The van der Waals surface area contributed by atoms with Crippen molar-refractivity contribution in [2.45, 2.75) is 31.1 Å². The molecule has 0 aromatic heterocycles. The van der Waals surface area contributed by atoms with Gasteiger partial charge in [-0.3, -0.25) is 9.59 Å². The highest BCUT2D eigenvalue weighted by Crippen LogP contribution is 2.41. The Morgan fingerprint density at radius 3 is 2.57 bits per heavy atom. The molecule has 0 saturated heterocycles. The van der Waals surface area contributed by atoms with E-state index in [1.54, 1.807) is 52.1 Å². The molecule has 3 rings (SSSR count). The summed E-state index contributed by atoms with van der Waals surface area (Å²) in [5, 5.41) is 3.20. The Morgan fingerprint density at radius 2 is 1.90 bits per heavy atom. The highest BCUT2D eigenvalue weighted by molar-refractivity contribution is 7.89. The van der Waals surface area contributed by atoms with Crippen LogP contribution in [0.5, 0.6) is 0 Å². The van der Waals surface area contributed by atoms with Crippen LogP contribution in [0, 0.1) is 6.92 Å². The summed E-state index contributed by atoms with van der Waals surface area (Å²) in [5.74, 6) is -0.584. The molecule has 0 bridgehead atoms. The number of likely N-dealkylation sites (N-methyl/N-ethyl adjacent to an activating group) is 2. The molecule has 1 aliphatic rings. The third-order valence-electron chi connectivity index (χ3n) is 5.46. The van der Waals surface area contributed by atoms with Crippen molar-refractivity contribution in [3.63, 3.8) is 0 Å². The lowest BCUT2D eigenvalue weighted by atomic mass is 9.86. The molecule has 160 valence electrons. The molecular weight excluding hydrogens is 426 g/mol.